The SMILES string of the molecule is Cc1ccc(-n2c(-c3ccccc3)cc(C=O)c2-c2ccccc2)cc1. The molecule has 0 spiro atoms. The van der Waals surface area contributed by atoms with Gasteiger partial charge in [0, 0.05) is 11.3 Å². The molecule has 1 heterocycles. The predicted molar refractivity (Wildman–Crippen MR) is 107 cm³/mol. The zero-order valence-corrected chi connectivity index (χ0v) is 14.6. The van der Waals surface area contributed by atoms with Crippen LogP contribution in [0.1, 0.15) is 15.9 Å². The maximum atomic E-state index is 11.9. The van der Waals surface area contributed by atoms with Gasteiger partial charge in [-0.2, -0.15) is 0 Å². The molecule has 0 radical (unpaired) electrons. The van der Waals surface area contributed by atoms with Crippen LogP contribution < -0.4 is 0 Å². The van der Waals surface area contributed by atoms with Crippen LogP contribution in [0, 0.1) is 6.92 Å². The van der Waals surface area contributed by atoms with Crippen LogP contribution in [0.3, 0.4) is 0 Å². The molecule has 126 valence electrons. The number of aldehydes is 1. The molecule has 0 aliphatic rings. The van der Waals surface area contributed by atoms with Crippen molar-refractivity contribution in [2.45, 2.75) is 6.92 Å². The Hall–Kier alpha value is -3.39. The van der Waals surface area contributed by atoms with Crippen LogP contribution in [-0.4, -0.2) is 10.9 Å². The highest BCUT2D eigenvalue weighted by Gasteiger charge is 2.18. The summed E-state index contributed by atoms with van der Waals surface area (Å²) < 4.78 is 2.17. The number of benzene rings is 3. The first kappa shape index (κ1) is 16.1. The molecule has 0 unspecified atom stereocenters. The summed E-state index contributed by atoms with van der Waals surface area (Å²) in [4.78, 5) is 11.9. The number of aromatic nitrogens is 1. The van der Waals surface area contributed by atoms with E-state index in [9.17, 15) is 4.79 Å². The second kappa shape index (κ2) is 6.85. The van der Waals surface area contributed by atoms with E-state index in [1.54, 1.807) is 0 Å². The van der Waals surface area contributed by atoms with Crippen molar-refractivity contribution in [1.82, 2.24) is 4.57 Å². The summed E-state index contributed by atoms with van der Waals surface area (Å²) in [6, 6.07) is 30.6. The van der Waals surface area contributed by atoms with E-state index < -0.39 is 0 Å². The van der Waals surface area contributed by atoms with Crippen molar-refractivity contribution in [3.8, 4) is 28.2 Å². The molecule has 0 saturated heterocycles. The molecule has 2 nitrogen and oxygen atoms in total. The molecule has 2 heteroatoms. The molecule has 3 aromatic carbocycles. The molecule has 4 rings (SSSR count). The molecule has 0 fully saturated rings. The van der Waals surface area contributed by atoms with Crippen molar-refractivity contribution in [1.29, 1.82) is 0 Å². The zero-order chi connectivity index (χ0) is 17.9. The smallest absolute Gasteiger partial charge is 0.152 e. The maximum Gasteiger partial charge on any atom is 0.152 e. The van der Waals surface area contributed by atoms with Gasteiger partial charge in [0.15, 0.2) is 6.29 Å². The molecule has 0 bridgehead atoms. The molecule has 0 saturated carbocycles. The third kappa shape index (κ3) is 2.86. The number of carbonyl (C=O) groups is 1. The lowest BCUT2D eigenvalue weighted by Crippen LogP contribution is -2.00. The number of rotatable bonds is 4. The van der Waals surface area contributed by atoms with Gasteiger partial charge in [0.2, 0.25) is 0 Å². The molecular formula is C24H19NO. The second-order valence-electron chi connectivity index (χ2n) is 6.35. The Morgan fingerprint density at radius 2 is 1.31 bits per heavy atom. The molecule has 26 heavy (non-hydrogen) atoms. The summed E-state index contributed by atoms with van der Waals surface area (Å²) in [5.74, 6) is 0. The Bertz CT molecular complexity index is 1030. The highest BCUT2D eigenvalue weighted by Crippen LogP contribution is 2.35. The van der Waals surface area contributed by atoms with E-state index in [-0.39, 0.29) is 0 Å². The highest BCUT2D eigenvalue weighted by molar-refractivity contribution is 5.91. The molecule has 0 aliphatic carbocycles. The third-order valence-electron chi connectivity index (χ3n) is 4.57. The Morgan fingerprint density at radius 3 is 1.88 bits per heavy atom. The lowest BCUT2D eigenvalue weighted by atomic mass is 10.1. The van der Waals surface area contributed by atoms with Gasteiger partial charge in [-0.15, -0.1) is 0 Å². The van der Waals surface area contributed by atoms with Crippen molar-refractivity contribution in [2.75, 3.05) is 0 Å². The zero-order valence-electron chi connectivity index (χ0n) is 14.6. The van der Waals surface area contributed by atoms with Crippen LogP contribution in [0.2, 0.25) is 0 Å². The minimum atomic E-state index is 0.690. The highest BCUT2D eigenvalue weighted by atomic mass is 16.1. The van der Waals surface area contributed by atoms with Crippen LogP contribution in [-0.2, 0) is 0 Å². The molecule has 4 aromatic rings. The van der Waals surface area contributed by atoms with Gasteiger partial charge < -0.3 is 4.57 Å². The lowest BCUT2D eigenvalue weighted by Gasteiger charge is -2.15. The average Bonchev–Trinajstić information content (AvgIpc) is 3.09. The van der Waals surface area contributed by atoms with Crippen LogP contribution in [0.4, 0.5) is 0 Å². The minimum absolute atomic E-state index is 0.690. The molecule has 0 N–H and O–H groups in total. The molecular weight excluding hydrogens is 318 g/mol. The largest absolute Gasteiger partial charge is 0.309 e. The van der Waals surface area contributed by atoms with Gasteiger partial charge in [-0.25, -0.2) is 0 Å². The first-order valence-electron chi connectivity index (χ1n) is 8.67. The van der Waals surface area contributed by atoms with E-state index in [1.807, 2.05) is 54.6 Å². The fourth-order valence-corrected chi connectivity index (χ4v) is 3.29. The van der Waals surface area contributed by atoms with Crippen LogP contribution >= 0.6 is 0 Å². The van der Waals surface area contributed by atoms with Crippen molar-refractivity contribution in [2.24, 2.45) is 0 Å². The van der Waals surface area contributed by atoms with Crippen molar-refractivity contribution >= 4 is 6.29 Å². The number of hydrogen-bond donors (Lipinski definition) is 0. The van der Waals surface area contributed by atoms with Crippen molar-refractivity contribution < 1.29 is 4.79 Å². The van der Waals surface area contributed by atoms with Crippen LogP contribution in [0.25, 0.3) is 28.2 Å². The molecule has 1 aromatic heterocycles. The Kier molecular flexibility index (Phi) is 4.24. The maximum absolute atomic E-state index is 11.9. The Morgan fingerprint density at radius 1 is 0.731 bits per heavy atom. The van der Waals surface area contributed by atoms with E-state index in [0.29, 0.717) is 5.56 Å². The van der Waals surface area contributed by atoms with E-state index >= 15 is 0 Å². The summed E-state index contributed by atoms with van der Waals surface area (Å²) >= 11 is 0. The number of hydrogen-bond acceptors (Lipinski definition) is 1. The minimum Gasteiger partial charge on any atom is -0.309 e. The van der Waals surface area contributed by atoms with E-state index in [2.05, 4.69) is 47.9 Å². The van der Waals surface area contributed by atoms with Crippen molar-refractivity contribution in [3.05, 3.63) is 102 Å². The molecule has 0 aliphatic heterocycles. The summed E-state index contributed by atoms with van der Waals surface area (Å²) in [6.45, 7) is 2.08. The summed E-state index contributed by atoms with van der Waals surface area (Å²) in [6.07, 6.45) is 0.944. The van der Waals surface area contributed by atoms with Gasteiger partial charge >= 0.3 is 0 Å². The van der Waals surface area contributed by atoms with Gasteiger partial charge in [-0.05, 0) is 36.2 Å². The summed E-state index contributed by atoms with van der Waals surface area (Å²) in [7, 11) is 0. The summed E-state index contributed by atoms with van der Waals surface area (Å²) in [5.41, 5.74) is 6.98. The van der Waals surface area contributed by atoms with Gasteiger partial charge in [-0.1, -0.05) is 78.4 Å². The van der Waals surface area contributed by atoms with Gasteiger partial charge in [0.1, 0.15) is 0 Å². The molecule has 0 atom stereocenters. The number of nitrogens with zero attached hydrogens (tertiary/aromatic N) is 1. The van der Waals surface area contributed by atoms with Gasteiger partial charge in [0.05, 0.1) is 11.4 Å². The molecule has 0 amide bonds. The Balaban J connectivity index is 2.06. The topological polar surface area (TPSA) is 22.0 Å². The quantitative estimate of drug-likeness (QED) is 0.423. The van der Waals surface area contributed by atoms with E-state index in [1.165, 1.54) is 5.56 Å². The number of carbonyl (C=O) groups excluding carboxylic acids is 1. The van der Waals surface area contributed by atoms with Gasteiger partial charge in [0.25, 0.3) is 0 Å². The average molecular weight is 337 g/mol. The predicted octanol–water partition coefficient (Wildman–Crippen LogP) is 5.93. The standard InChI is InChI=1S/C24H19NO/c1-18-12-14-22(15-13-18)25-23(19-8-4-2-5-9-19)16-21(17-26)24(25)20-10-6-3-7-11-20/h2-17H,1H3. The van der Waals surface area contributed by atoms with Crippen LogP contribution in [0.15, 0.2) is 91.0 Å². The van der Waals surface area contributed by atoms with E-state index in [0.717, 1.165) is 34.5 Å². The normalized spacial score (nSPS) is 10.7. The third-order valence-corrected chi connectivity index (χ3v) is 4.57. The summed E-state index contributed by atoms with van der Waals surface area (Å²) in [5, 5.41) is 0. The number of aryl methyl sites for hydroxylation is 1. The van der Waals surface area contributed by atoms with Crippen molar-refractivity contribution in [3.63, 3.8) is 0 Å². The van der Waals surface area contributed by atoms with Gasteiger partial charge in [-0.3, -0.25) is 4.79 Å². The second-order valence-corrected chi connectivity index (χ2v) is 6.35. The Labute approximate surface area is 153 Å². The fourth-order valence-electron chi connectivity index (χ4n) is 3.29. The first-order valence-corrected chi connectivity index (χ1v) is 8.67. The monoisotopic (exact) mass is 337 g/mol. The lowest BCUT2D eigenvalue weighted by molar-refractivity contribution is 0.112. The van der Waals surface area contributed by atoms with Crippen LogP contribution in [0.5, 0.6) is 0 Å². The van der Waals surface area contributed by atoms with E-state index in [4.69, 9.17) is 0 Å². The fraction of sp³-hybridized carbons (Fsp3) is 0.0417. The first-order chi connectivity index (χ1) is 12.8.